The first-order valence-electron chi connectivity index (χ1n) is 5.58. The molecule has 0 aliphatic rings. The van der Waals surface area contributed by atoms with Crippen LogP contribution in [-0.4, -0.2) is 22.7 Å². The van der Waals surface area contributed by atoms with Crippen LogP contribution in [0.2, 0.25) is 0 Å². The number of hydrogen-bond acceptors (Lipinski definition) is 5. The highest BCUT2D eigenvalue weighted by molar-refractivity contribution is 7.98. The van der Waals surface area contributed by atoms with Gasteiger partial charge < -0.3 is 14.8 Å². The Hall–Kier alpha value is -1.87. The van der Waals surface area contributed by atoms with E-state index in [-0.39, 0.29) is 27.8 Å². The smallest absolute Gasteiger partial charge is 0.338 e. The molecular formula is C12H9F2NO4S2. The number of thioether (sulfide) groups is 1. The van der Waals surface area contributed by atoms with Crippen molar-refractivity contribution < 1.29 is 27.9 Å². The second-order valence-corrected chi connectivity index (χ2v) is 5.65. The van der Waals surface area contributed by atoms with Gasteiger partial charge >= 0.3 is 5.97 Å². The summed E-state index contributed by atoms with van der Waals surface area (Å²) in [6.07, 6.45) is 0. The molecule has 2 aromatic rings. The number of thiophene rings is 1. The third-order valence-electron chi connectivity index (χ3n) is 2.36. The van der Waals surface area contributed by atoms with Crippen molar-refractivity contribution in [3.05, 3.63) is 40.7 Å². The third kappa shape index (κ3) is 4.05. The average molecular weight is 333 g/mol. The lowest BCUT2D eigenvalue weighted by Crippen LogP contribution is -2.12. The first-order valence-corrected chi connectivity index (χ1v) is 7.51. The lowest BCUT2D eigenvalue weighted by Gasteiger charge is -2.01. The van der Waals surface area contributed by atoms with E-state index in [0.29, 0.717) is 11.8 Å². The number of hydrogen-bond donors (Lipinski definition) is 2. The van der Waals surface area contributed by atoms with E-state index in [2.05, 4.69) is 5.32 Å². The van der Waals surface area contributed by atoms with Crippen molar-refractivity contribution in [3.8, 4) is 0 Å². The van der Waals surface area contributed by atoms with Gasteiger partial charge in [0.05, 0.1) is 11.3 Å². The van der Waals surface area contributed by atoms with Crippen molar-refractivity contribution in [2.24, 2.45) is 0 Å². The molecule has 0 radical (unpaired) electrons. The maximum absolute atomic E-state index is 12.0. The number of furan rings is 1. The number of carboxylic acids is 1. The van der Waals surface area contributed by atoms with E-state index >= 15 is 0 Å². The van der Waals surface area contributed by atoms with E-state index in [1.54, 1.807) is 0 Å². The van der Waals surface area contributed by atoms with E-state index in [1.807, 2.05) is 0 Å². The zero-order chi connectivity index (χ0) is 15.4. The molecule has 2 rings (SSSR count). The molecule has 0 aliphatic carbocycles. The molecule has 0 bridgehead atoms. The van der Waals surface area contributed by atoms with Gasteiger partial charge in [0.25, 0.3) is 11.7 Å². The molecule has 21 heavy (non-hydrogen) atoms. The number of carbonyl (C=O) groups excluding carboxylic acids is 1. The molecule has 5 nitrogen and oxygen atoms in total. The molecule has 112 valence electrons. The summed E-state index contributed by atoms with van der Waals surface area (Å²) in [5.74, 6) is -4.17. The maximum atomic E-state index is 12.0. The van der Waals surface area contributed by atoms with E-state index in [9.17, 15) is 18.4 Å². The van der Waals surface area contributed by atoms with Crippen molar-refractivity contribution in [2.75, 3.05) is 5.32 Å². The predicted molar refractivity (Wildman–Crippen MR) is 75.2 cm³/mol. The van der Waals surface area contributed by atoms with Crippen molar-refractivity contribution in [1.82, 2.24) is 0 Å². The highest BCUT2D eigenvalue weighted by atomic mass is 32.2. The summed E-state index contributed by atoms with van der Waals surface area (Å²) in [6.45, 7) is 0. The minimum Gasteiger partial charge on any atom is -0.478 e. The average Bonchev–Trinajstić information content (AvgIpc) is 3.04. The summed E-state index contributed by atoms with van der Waals surface area (Å²) in [5, 5.41) is 13.1. The summed E-state index contributed by atoms with van der Waals surface area (Å²) >= 11 is 1.45. The van der Waals surface area contributed by atoms with Crippen LogP contribution in [0.15, 0.2) is 28.0 Å². The largest absolute Gasteiger partial charge is 0.478 e. The number of rotatable bonds is 6. The molecule has 2 aromatic heterocycles. The van der Waals surface area contributed by atoms with Crippen LogP contribution in [0.3, 0.4) is 0 Å². The number of carbonyl (C=O) groups is 2. The second kappa shape index (κ2) is 6.72. The first kappa shape index (κ1) is 15.5. The minimum atomic E-state index is -2.52. The molecule has 2 N–H and O–H groups in total. The van der Waals surface area contributed by atoms with Crippen LogP contribution in [0, 0.1) is 0 Å². The molecule has 0 aromatic carbocycles. The molecule has 1 amide bonds. The van der Waals surface area contributed by atoms with Gasteiger partial charge in [-0.3, -0.25) is 4.79 Å². The number of halogens is 2. The van der Waals surface area contributed by atoms with Gasteiger partial charge in [0.15, 0.2) is 5.76 Å². The van der Waals surface area contributed by atoms with Gasteiger partial charge in [-0.1, -0.05) is 11.8 Å². The number of carboxylic acid groups (broad SMARTS) is 1. The fourth-order valence-corrected chi connectivity index (χ4v) is 2.68. The van der Waals surface area contributed by atoms with Gasteiger partial charge in [-0.05, 0) is 23.6 Å². The van der Waals surface area contributed by atoms with Crippen LogP contribution in [0.1, 0.15) is 26.7 Å². The summed E-state index contributed by atoms with van der Waals surface area (Å²) in [4.78, 5) is 22.8. The molecule has 2 heterocycles. The monoisotopic (exact) mass is 333 g/mol. The molecule has 0 saturated heterocycles. The fraction of sp³-hybridized carbons (Fsp3) is 0.167. The van der Waals surface area contributed by atoms with Gasteiger partial charge in [0.1, 0.15) is 10.8 Å². The highest BCUT2D eigenvalue weighted by Gasteiger charge is 2.17. The summed E-state index contributed by atoms with van der Waals surface area (Å²) in [7, 11) is 0. The summed E-state index contributed by atoms with van der Waals surface area (Å²) in [5.41, 5.74) is -0.0200. The van der Waals surface area contributed by atoms with Crippen LogP contribution in [-0.2, 0) is 5.75 Å². The topological polar surface area (TPSA) is 79.5 Å². The van der Waals surface area contributed by atoms with Crippen molar-refractivity contribution in [1.29, 1.82) is 0 Å². The lowest BCUT2D eigenvalue weighted by atomic mass is 10.3. The number of alkyl halides is 2. The summed E-state index contributed by atoms with van der Waals surface area (Å²) in [6, 6.07) is 4.15. The van der Waals surface area contributed by atoms with E-state index in [1.165, 1.54) is 23.6 Å². The van der Waals surface area contributed by atoms with Gasteiger partial charge in [-0.25, -0.2) is 4.79 Å². The molecule has 0 atom stereocenters. The molecule has 0 spiro atoms. The van der Waals surface area contributed by atoms with E-state index in [4.69, 9.17) is 9.52 Å². The lowest BCUT2D eigenvalue weighted by molar-refractivity contribution is 0.0698. The van der Waals surface area contributed by atoms with E-state index < -0.39 is 17.6 Å². The van der Waals surface area contributed by atoms with Gasteiger partial charge in [-0.2, -0.15) is 8.78 Å². The third-order valence-corrected chi connectivity index (χ3v) is 3.89. The molecule has 0 fully saturated rings. The Morgan fingerprint density at radius 3 is 2.81 bits per heavy atom. The Balaban J connectivity index is 2.03. The normalized spacial score (nSPS) is 10.8. The van der Waals surface area contributed by atoms with Gasteiger partial charge in [-0.15, -0.1) is 11.3 Å². The van der Waals surface area contributed by atoms with Crippen molar-refractivity contribution in [3.63, 3.8) is 0 Å². The van der Waals surface area contributed by atoms with Gasteiger partial charge in [0.2, 0.25) is 0 Å². The minimum absolute atomic E-state index is 0.0200. The zero-order valence-corrected chi connectivity index (χ0v) is 12.0. The standard InChI is InChI=1S/C12H9F2NO4S2/c13-12(14)21-5-6-1-2-8(19-6)9(16)15-10-7(11(17)18)3-4-20-10/h1-4,12H,5H2,(H,15,16)(H,17,18). The van der Waals surface area contributed by atoms with Crippen LogP contribution < -0.4 is 5.32 Å². The highest BCUT2D eigenvalue weighted by Crippen LogP contribution is 2.25. The Bertz CT molecular complexity index is 653. The molecule has 0 saturated carbocycles. The van der Waals surface area contributed by atoms with Crippen molar-refractivity contribution in [2.45, 2.75) is 11.5 Å². The van der Waals surface area contributed by atoms with Crippen molar-refractivity contribution >= 4 is 40.0 Å². The number of amides is 1. The maximum Gasteiger partial charge on any atom is 0.338 e. The quantitative estimate of drug-likeness (QED) is 0.842. The van der Waals surface area contributed by atoms with Crippen LogP contribution in [0.5, 0.6) is 0 Å². The number of nitrogens with one attached hydrogen (secondary N) is 1. The second-order valence-electron chi connectivity index (χ2n) is 3.76. The Labute approximate surface area is 126 Å². The number of aromatic carboxylic acids is 1. The predicted octanol–water partition coefficient (Wildman–Crippen LogP) is 3.75. The SMILES string of the molecule is O=C(Nc1sccc1C(=O)O)c1ccc(CSC(F)F)o1. The van der Waals surface area contributed by atoms with E-state index in [0.717, 1.165) is 11.3 Å². The number of anilines is 1. The Morgan fingerprint density at radius 2 is 2.14 bits per heavy atom. The summed E-state index contributed by atoms with van der Waals surface area (Å²) < 4.78 is 29.2. The molecule has 9 heteroatoms. The fourth-order valence-electron chi connectivity index (χ4n) is 1.46. The van der Waals surface area contributed by atoms with Gasteiger partial charge in [0, 0.05) is 0 Å². The van der Waals surface area contributed by atoms with Crippen LogP contribution >= 0.6 is 23.1 Å². The Morgan fingerprint density at radius 1 is 1.38 bits per heavy atom. The molecular weight excluding hydrogens is 324 g/mol. The van der Waals surface area contributed by atoms with Crippen LogP contribution in [0.4, 0.5) is 13.8 Å². The first-order chi connectivity index (χ1) is 9.97. The van der Waals surface area contributed by atoms with Crippen LogP contribution in [0.25, 0.3) is 0 Å². The molecule has 0 aliphatic heterocycles. The Kier molecular flexibility index (Phi) is 4.97. The molecule has 0 unspecified atom stereocenters. The zero-order valence-electron chi connectivity index (χ0n) is 10.3.